The predicted molar refractivity (Wildman–Crippen MR) is 87.0 cm³/mol. The minimum absolute atomic E-state index is 0.0625. The van der Waals surface area contributed by atoms with Crippen molar-refractivity contribution in [2.24, 2.45) is 5.41 Å². The predicted octanol–water partition coefficient (Wildman–Crippen LogP) is 2.14. The molecule has 2 rings (SSSR count). The Morgan fingerprint density at radius 1 is 1.45 bits per heavy atom. The van der Waals surface area contributed by atoms with Gasteiger partial charge >= 0.3 is 0 Å². The summed E-state index contributed by atoms with van der Waals surface area (Å²) in [5.74, 6) is -0.261. The third kappa shape index (κ3) is 2.90. The highest BCUT2D eigenvalue weighted by Gasteiger charge is 2.58. The van der Waals surface area contributed by atoms with E-state index in [1.165, 1.54) is 16.2 Å². The first-order chi connectivity index (χ1) is 10.2. The van der Waals surface area contributed by atoms with Crippen molar-refractivity contribution in [3.05, 3.63) is 22.4 Å². The van der Waals surface area contributed by atoms with Crippen LogP contribution in [-0.2, 0) is 9.53 Å². The fraction of sp³-hybridized carbons (Fsp3) is 0.625. The lowest BCUT2D eigenvalue weighted by molar-refractivity contribution is -0.182. The minimum atomic E-state index is -0.219. The Kier molecular flexibility index (Phi) is 4.63. The number of amides is 2. The topological polar surface area (TPSA) is 58.6 Å². The molecule has 5 nitrogen and oxygen atoms in total. The van der Waals surface area contributed by atoms with E-state index in [0.29, 0.717) is 4.88 Å². The highest BCUT2D eigenvalue weighted by atomic mass is 32.1. The smallest absolute Gasteiger partial charge is 0.264 e. The van der Waals surface area contributed by atoms with Crippen molar-refractivity contribution in [1.29, 1.82) is 0 Å². The molecule has 1 heterocycles. The highest BCUT2D eigenvalue weighted by molar-refractivity contribution is 7.12. The van der Waals surface area contributed by atoms with Gasteiger partial charge in [0.2, 0.25) is 5.91 Å². The molecule has 1 saturated carbocycles. The maximum absolute atomic E-state index is 12.2. The lowest BCUT2D eigenvalue weighted by atomic mass is 9.56. The summed E-state index contributed by atoms with van der Waals surface area (Å²) in [7, 11) is 3.35. The summed E-state index contributed by atoms with van der Waals surface area (Å²) in [5.41, 5.74) is -0.350. The third-order valence-corrected chi connectivity index (χ3v) is 5.93. The van der Waals surface area contributed by atoms with Crippen LogP contribution in [0.25, 0.3) is 0 Å². The molecule has 0 aliphatic heterocycles. The SMILES string of the molecule is CO[C@]1(C)C[C@@H](NC(=O)CN(C)C(=O)c2cccs2)C1(C)C. The standard InChI is InChI=1S/C16H24N2O3S/c1-15(2)12(9-16(15,3)21-5)17-13(19)10-18(4)14(20)11-7-6-8-22-11/h6-8,12H,9-10H2,1-5H3,(H,17,19)/t12-,16-/m1/s1. The van der Waals surface area contributed by atoms with E-state index < -0.39 is 0 Å². The summed E-state index contributed by atoms with van der Waals surface area (Å²) in [6, 6.07) is 3.66. The molecule has 22 heavy (non-hydrogen) atoms. The van der Waals surface area contributed by atoms with E-state index in [1.807, 2.05) is 11.4 Å². The number of hydrogen-bond donors (Lipinski definition) is 1. The van der Waals surface area contributed by atoms with Crippen molar-refractivity contribution in [3.8, 4) is 0 Å². The van der Waals surface area contributed by atoms with Crippen LogP contribution >= 0.6 is 11.3 Å². The zero-order chi connectivity index (χ0) is 16.5. The van der Waals surface area contributed by atoms with Crippen LogP contribution in [0.3, 0.4) is 0 Å². The molecule has 0 saturated heterocycles. The first kappa shape index (κ1) is 17.0. The molecule has 6 heteroatoms. The Morgan fingerprint density at radius 2 is 2.14 bits per heavy atom. The zero-order valence-corrected chi connectivity index (χ0v) is 14.6. The van der Waals surface area contributed by atoms with E-state index in [4.69, 9.17) is 4.74 Å². The Morgan fingerprint density at radius 3 is 2.64 bits per heavy atom. The van der Waals surface area contributed by atoms with Crippen LogP contribution in [0.1, 0.15) is 36.9 Å². The third-order valence-electron chi connectivity index (χ3n) is 5.07. The number of nitrogens with one attached hydrogen (secondary N) is 1. The fourth-order valence-electron chi connectivity index (χ4n) is 2.84. The number of ether oxygens (including phenoxy) is 1. The first-order valence-corrected chi connectivity index (χ1v) is 8.23. The number of hydrogen-bond acceptors (Lipinski definition) is 4. The maximum Gasteiger partial charge on any atom is 0.264 e. The molecule has 1 aliphatic carbocycles. The van der Waals surface area contributed by atoms with E-state index in [1.54, 1.807) is 20.2 Å². The summed E-state index contributed by atoms with van der Waals surface area (Å²) in [4.78, 5) is 26.4. The number of thiophene rings is 1. The van der Waals surface area contributed by atoms with Crippen LogP contribution in [0.2, 0.25) is 0 Å². The quantitative estimate of drug-likeness (QED) is 0.903. The molecule has 2 amide bonds. The number of carbonyl (C=O) groups excluding carboxylic acids is 2. The van der Waals surface area contributed by atoms with Gasteiger partial charge in [-0.05, 0) is 24.8 Å². The van der Waals surface area contributed by atoms with Crippen molar-refractivity contribution in [2.75, 3.05) is 20.7 Å². The lowest BCUT2D eigenvalue weighted by Crippen LogP contribution is -2.69. The molecular formula is C16H24N2O3S. The second kappa shape index (κ2) is 6.01. The van der Waals surface area contributed by atoms with Crippen molar-refractivity contribution in [1.82, 2.24) is 10.2 Å². The van der Waals surface area contributed by atoms with Gasteiger partial charge in [0.1, 0.15) is 0 Å². The normalized spacial score (nSPS) is 26.1. The number of carbonyl (C=O) groups is 2. The van der Waals surface area contributed by atoms with Crippen molar-refractivity contribution in [3.63, 3.8) is 0 Å². The Labute approximate surface area is 135 Å². The molecule has 0 radical (unpaired) electrons. The van der Waals surface area contributed by atoms with Crippen molar-refractivity contribution in [2.45, 2.75) is 38.8 Å². The average molecular weight is 324 g/mol. The monoisotopic (exact) mass is 324 g/mol. The molecular weight excluding hydrogens is 300 g/mol. The van der Waals surface area contributed by atoms with Gasteiger partial charge in [0, 0.05) is 25.6 Å². The maximum atomic E-state index is 12.2. The molecule has 0 aromatic carbocycles. The van der Waals surface area contributed by atoms with Gasteiger partial charge in [-0.15, -0.1) is 11.3 Å². The van der Waals surface area contributed by atoms with Gasteiger partial charge in [-0.2, -0.15) is 0 Å². The van der Waals surface area contributed by atoms with Crippen LogP contribution in [-0.4, -0.2) is 49.1 Å². The number of likely N-dealkylation sites (N-methyl/N-ethyl adjacent to an activating group) is 1. The van der Waals surface area contributed by atoms with E-state index in [-0.39, 0.29) is 35.4 Å². The Bertz CT molecular complexity index is 556. The molecule has 1 aliphatic rings. The molecule has 2 atom stereocenters. The largest absolute Gasteiger partial charge is 0.378 e. The van der Waals surface area contributed by atoms with Gasteiger partial charge in [0.25, 0.3) is 5.91 Å². The van der Waals surface area contributed by atoms with E-state index in [0.717, 1.165) is 6.42 Å². The zero-order valence-electron chi connectivity index (χ0n) is 13.8. The molecule has 122 valence electrons. The second-order valence-electron chi connectivity index (χ2n) is 6.62. The minimum Gasteiger partial charge on any atom is -0.378 e. The van der Waals surface area contributed by atoms with Gasteiger partial charge in [0.05, 0.1) is 17.0 Å². The van der Waals surface area contributed by atoms with E-state index in [9.17, 15) is 9.59 Å². The first-order valence-electron chi connectivity index (χ1n) is 7.35. The van der Waals surface area contributed by atoms with Crippen LogP contribution in [0.15, 0.2) is 17.5 Å². The molecule has 1 aromatic rings. The molecule has 0 spiro atoms. The average Bonchev–Trinajstić information content (AvgIpc) is 2.99. The lowest BCUT2D eigenvalue weighted by Gasteiger charge is -2.59. The molecule has 1 fully saturated rings. The number of rotatable bonds is 5. The van der Waals surface area contributed by atoms with Crippen molar-refractivity contribution < 1.29 is 14.3 Å². The van der Waals surface area contributed by atoms with E-state index in [2.05, 4.69) is 26.1 Å². The van der Waals surface area contributed by atoms with Gasteiger partial charge < -0.3 is 15.0 Å². The molecule has 1 aromatic heterocycles. The molecule has 1 N–H and O–H groups in total. The summed E-state index contributed by atoms with van der Waals surface area (Å²) in [6.45, 7) is 6.30. The summed E-state index contributed by atoms with van der Waals surface area (Å²) in [5, 5.41) is 4.87. The summed E-state index contributed by atoms with van der Waals surface area (Å²) in [6.07, 6.45) is 0.783. The van der Waals surface area contributed by atoms with Gasteiger partial charge in [-0.3, -0.25) is 9.59 Å². The van der Waals surface area contributed by atoms with Crippen LogP contribution < -0.4 is 5.32 Å². The highest BCUT2D eigenvalue weighted by Crippen LogP contribution is 2.51. The van der Waals surface area contributed by atoms with Gasteiger partial charge in [-0.25, -0.2) is 0 Å². The Hall–Kier alpha value is -1.40. The van der Waals surface area contributed by atoms with Crippen LogP contribution in [0, 0.1) is 5.41 Å². The Balaban J connectivity index is 1.88. The molecule has 0 bridgehead atoms. The van der Waals surface area contributed by atoms with Gasteiger partial charge in [-0.1, -0.05) is 19.9 Å². The van der Waals surface area contributed by atoms with Crippen molar-refractivity contribution >= 4 is 23.2 Å². The van der Waals surface area contributed by atoms with Crippen LogP contribution in [0.4, 0.5) is 0 Å². The number of nitrogens with zero attached hydrogens (tertiary/aromatic N) is 1. The fourth-order valence-corrected chi connectivity index (χ4v) is 3.56. The molecule has 0 unspecified atom stereocenters. The number of methoxy groups -OCH3 is 1. The second-order valence-corrected chi connectivity index (χ2v) is 7.57. The summed E-state index contributed by atoms with van der Waals surface area (Å²) >= 11 is 1.38. The van der Waals surface area contributed by atoms with Gasteiger partial charge in [0.15, 0.2) is 0 Å². The summed E-state index contributed by atoms with van der Waals surface area (Å²) < 4.78 is 5.55. The van der Waals surface area contributed by atoms with E-state index >= 15 is 0 Å². The van der Waals surface area contributed by atoms with Crippen LogP contribution in [0.5, 0.6) is 0 Å².